The maximum atomic E-state index is 5.79. The zero-order valence-electron chi connectivity index (χ0n) is 11.4. The van der Waals surface area contributed by atoms with Crippen molar-refractivity contribution in [3.63, 3.8) is 0 Å². The van der Waals surface area contributed by atoms with E-state index < -0.39 is 6.10 Å². The number of aromatic nitrogens is 4. The van der Waals surface area contributed by atoms with Crippen LogP contribution in [0.4, 0.5) is 0 Å². The van der Waals surface area contributed by atoms with Gasteiger partial charge < -0.3 is 9.26 Å². The van der Waals surface area contributed by atoms with Crippen LogP contribution >= 0.6 is 23.2 Å². The van der Waals surface area contributed by atoms with Crippen LogP contribution < -0.4 is 4.74 Å². The minimum absolute atomic E-state index is 0.335. The molecular weight excluding hydrogens is 327 g/mol. The van der Waals surface area contributed by atoms with E-state index in [0.717, 1.165) is 0 Å². The number of halogens is 2. The summed E-state index contributed by atoms with van der Waals surface area (Å²) in [5, 5.41) is 4.82. The van der Waals surface area contributed by atoms with Gasteiger partial charge in [-0.05, 0) is 31.2 Å². The standard InChI is InChI=1S/C14H10Cl2N4O2/c1-8(21-10-3-5-12(16)18-7-10)14-19-13(20-22-14)11-4-2-9(15)6-17-11/h2-8H,1H3/t8-/m0/s1. The summed E-state index contributed by atoms with van der Waals surface area (Å²) >= 11 is 11.5. The van der Waals surface area contributed by atoms with Gasteiger partial charge in [0, 0.05) is 6.20 Å². The van der Waals surface area contributed by atoms with E-state index in [1.165, 1.54) is 12.4 Å². The van der Waals surface area contributed by atoms with Gasteiger partial charge in [0.25, 0.3) is 5.89 Å². The lowest BCUT2D eigenvalue weighted by Gasteiger charge is -2.09. The molecule has 3 aromatic heterocycles. The van der Waals surface area contributed by atoms with Crippen LogP contribution in [0.3, 0.4) is 0 Å². The molecule has 8 heteroatoms. The molecule has 22 heavy (non-hydrogen) atoms. The van der Waals surface area contributed by atoms with Crippen molar-refractivity contribution in [3.05, 3.63) is 52.7 Å². The number of ether oxygens (including phenoxy) is 1. The van der Waals surface area contributed by atoms with E-state index in [-0.39, 0.29) is 0 Å². The Labute approximate surface area is 136 Å². The molecule has 3 aromatic rings. The van der Waals surface area contributed by atoms with E-state index in [2.05, 4.69) is 20.1 Å². The number of nitrogens with zero attached hydrogens (tertiary/aromatic N) is 4. The van der Waals surface area contributed by atoms with Crippen molar-refractivity contribution in [1.29, 1.82) is 0 Å². The molecule has 3 rings (SSSR count). The third-order valence-electron chi connectivity index (χ3n) is 2.76. The van der Waals surface area contributed by atoms with Crippen LogP contribution in [0.2, 0.25) is 10.2 Å². The molecule has 0 aliphatic rings. The van der Waals surface area contributed by atoms with Crippen molar-refractivity contribution in [1.82, 2.24) is 20.1 Å². The molecule has 0 saturated carbocycles. The lowest BCUT2D eigenvalue weighted by Crippen LogP contribution is -2.03. The van der Waals surface area contributed by atoms with Crippen molar-refractivity contribution in [2.45, 2.75) is 13.0 Å². The van der Waals surface area contributed by atoms with E-state index >= 15 is 0 Å². The lowest BCUT2D eigenvalue weighted by molar-refractivity contribution is 0.175. The van der Waals surface area contributed by atoms with Gasteiger partial charge >= 0.3 is 0 Å². The third kappa shape index (κ3) is 3.35. The molecule has 0 saturated heterocycles. The minimum atomic E-state index is -0.434. The van der Waals surface area contributed by atoms with Crippen molar-refractivity contribution < 1.29 is 9.26 Å². The van der Waals surface area contributed by atoms with E-state index in [1.807, 2.05) is 0 Å². The molecule has 0 aromatic carbocycles. The first kappa shape index (κ1) is 14.7. The number of hydrogen-bond donors (Lipinski definition) is 0. The molecule has 0 N–H and O–H groups in total. The van der Waals surface area contributed by atoms with E-state index in [4.69, 9.17) is 32.5 Å². The summed E-state index contributed by atoms with van der Waals surface area (Å²) in [5.41, 5.74) is 0.569. The summed E-state index contributed by atoms with van der Waals surface area (Å²) in [4.78, 5) is 12.3. The molecule has 0 fully saturated rings. The SMILES string of the molecule is C[C@H](Oc1ccc(Cl)nc1)c1nc(-c2ccc(Cl)cn2)no1. The number of rotatable bonds is 4. The first-order valence-corrected chi connectivity index (χ1v) is 7.11. The Morgan fingerprint density at radius 3 is 2.64 bits per heavy atom. The summed E-state index contributed by atoms with van der Waals surface area (Å²) in [6, 6.07) is 6.77. The fourth-order valence-electron chi connectivity index (χ4n) is 1.70. The molecule has 0 aliphatic carbocycles. The minimum Gasteiger partial charge on any atom is -0.479 e. The fourth-order valence-corrected chi connectivity index (χ4v) is 1.92. The molecule has 0 amide bonds. The second-order valence-electron chi connectivity index (χ2n) is 4.39. The first-order valence-electron chi connectivity index (χ1n) is 6.35. The summed E-state index contributed by atoms with van der Waals surface area (Å²) in [7, 11) is 0. The average Bonchev–Trinajstić information content (AvgIpc) is 3.00. The van der Waals surface area contributed by atoms with Gasteiger partial charge in [-0.1, -0.05) is 28.4 Å². The Hall–Kier alpha value is -2.18. The summed E-state index contributed by atoms with van der Waals surface area (Å²) in [6.07, 6.45) is 2.61. The molecule has 0 spiro atoms. The Kier molecular flexibility index (Phi) is 4.22. The van der Waals surface area contributed by atoms with Crippen molar-refractivity contribution >= 4 is 23.2 Å². The monoisotopic (exact) mass is 336 g/mol. The third-order valence-corrected chi connectivity index (χ3v) is 3.21. The van der Waals surface area contributed by atoms with Crippen molar-refractivity contribution in [3.8, 4) is 17.3 Å². The average molecular weight is 337 g/mol. The van der Waals surface area contributed by atoms with Crippen LogP contribution in [0.15, 0.2) is 41.2 Å². The second-order valence-corrected chi connectivity index (χ2v) is 5.22. The maximum Gasteiger partial charge on any atom is 0.267 e. The van der Waals surface area contributed by atoms with Gasteiger partial charge in [0.05, 0.1) is 11.2 Å². The Balaban J connectivity index is 1.75. The quantitative estimate of drug-likeness (QED) is 0.671. The summed E-state index contributed by atoms with van der Waals surface area (Å²) in [5.74, 6) is 1.26. The molecule has 0 bridgehead atoms. The molecular formula is C14H10Cl2N4O2. The van der Waals surface area contributed by atoms with Crippen LogP contribution in [0.1, 0.15) is 18.9 Å². The van der Waals surface area contributed by atoms with E-state index in [1.54, 1.807) is 31.2 Å². The normalized spacial score (nSPS) is 12.1. The molecule has 0 unspecified atom stereocenters. The molecule has 0 aliphatic heterocycles. The lowest BCUT2D eigenvalue weighted by atomic mass is 10.3. The Bertz CT molecular complexity index is 759. The fraction of sp³-hybridized carbons (Fsp3) is 0.143. The van der Waals surface area contributed by atoms with Gasteiger partial charge in [0.2, 0.25) is 5.82 Å². The highest BCUT2D eigenvalue weighted by Gasteiger charge is 2.17. The van der Waals surface area contributed by atoms with E-state index in [0.29, 0.717) is 33.3 Å². The zero-order valence-corrected chi connectivity index (χ0v) is 12.9. The summed E-state index contributed by atoms with van der Waals surface area (Å²) in [6.45, 7) is 1.79. The molecule has 3 heterocycles. The van der Waals surface area contributed by atoms with Crippen molar-refractivity contribution in [2.24, 2.45) is 0 Å². The highest BCUT2D eigenvalue weighted by molar-refractivity contribution is 6.30. The molecule has 0 radical (unpaired) electrons. The molecule has 6 nitrogen and oxygen atoms in total. The predicted octanol–water partition coefficient (Wildman–Crippen LogP) is 3.97. The Morgan fingerprint density at radius 1 is 1.09 bits per heavy atom. The first-order chi connectivity index (χ1) is 10.6. The Morgan fingerprint density at radius 2 is 1.95 bits per heavy atom. The van der Waals surface area contributed by atoms with Crippen LogP contribution in [0.25, 0.3) is 11.5 Å². The maximum absolute atomic E-state index is 5.79. The predicted molar refractivity (Wildman–Crippen MR) is 80.8 cm³/mol. The largest absolute Gasteiger partial charge is 0.479 e. The van der Waals surface area contributed by atoms with E-state index in [9.17, 15) is 0 Å². The van der Waals surface area contributed by atoms with Gasteiger partial charge in [0.1, 0.15) is 16.6 Å². The molecule has 112 valence electrons. The number of pyridine rings is 2. The van der Waals surface area contributed by atoms with Gasteiger partial charge in [0.15, 0.2) is 6.10 Å². The highest BCUT2D eigenvalue weighted by Crippen LogP contribution is 2.23. The van der Waals surface area contributed by atoms with Crippen LogP contribution in [-0.4, -0.2) is 20.1 Å². The zero-order chi connectivity index (χ0) is 15.5. The van der Waals surface area contributed by atoms with Crippen LogP contribution in [0.5, 0.6) is 5.75 Å². The van der Waals surface area contributed by atoms with Gasteiger partial charge in [-0.2, -0.15) is 4.98 Å². The topological polar surface area (TPSA) is 73.9 Å². The molecule has 1 atom stereocenters. The van der Waals surface area contributed by atoms with Gasteiger partial charge in [-0.25, -0.2) is 4.98 Å². The van der Waals surface area contributed by atoms with Gasteiger partial charge in [-0.3, -0.25) is 4.98 Å². The summed E-state index contributed by atoms with van der Waals surface area (Å²) < 4.78 is 10.9. The van der Waals surface area contributed by atoms with Crippen molar-refractivity contribution in [2.75, 3.05) is 0 Å². The van der Waals surface area contributed by atoms with Gasteiger partial charge in [-0.15, -0.1) is 0 Å². The second kappa shape index (κ2) is 6.29. The number of hydrogen-bond acceptors (Lipinski definition) is 6. The van der Waals surface area contributed by atoms with Crippen LogP contribution in [-0.2, 0) is 0 Å². The highest BCUT2D eigenvalue weighted by atomic mass is 35.5. The smallest absolute Gasteiger partial charge is 0.267 e. The van der Waals surface area contributed by atoms with Crippen LogP contribution in [0, 0.1) is 0 Å².